The Kier molecular flexibility index (Phi) is 6.80. The van der Waals surface area contributed by atoms with E-state index in [1.165, 1.54) is 44.1 Å². The Morgan fingerprint density at radius 1 is 0.714 bits per heavy atom. The Bertz CT molecular complexity index is 875. The number of ketones is 2. The summed E-state index contributed by atoms with van der Waals surface area (Å²) in [5, 5.41) is 10.5. The fourth-order valence-corrected chi connectivity index (χ4v) is 3.72. The summed E-state index contributed by atoms with van der Waals surface area (Å²) in [6.07, 6.45) is 9.00. The van der Waals surface area contributed by atoms with E-state index < -0.39 is 11.6 Å². The summed E-state index contributed by atoms with van der Waals surface area (Å²) in [5.41, 5.74) is 3.12. The van der Waals surface area contributed by atoms with Crippen molar-refractivity contribution < 1.29 is 14.7 Å². The van der Waals surface area contributed by atoms with E-state index in [0.717, 1.165) is 12.0 Å². The lowest BCUT2D eigenvalue weighted by Crippen LogP contribution is -2.25. The number of Topliss-reactive ketones (excluding diaryl/α,β-unsaturated/α-hetero) is 2. The molecular weight excluding hydrogens is 348 g/mol. The Hall–Kier alpha value is -2.68. The van der Waals surface area contributed by atoms with E-state index in [1.54, 1.807) is 24.3 Å². The van der Waals surface area contributed by atoms with Crippen molar-refractivity contribution in [2.75, 3.05) is 0 Å². The molecule has 3 rings (SSSR count). The van der Waals surface area contributed by atoms with E-state index in [4.69, 9.17) is 0 Å². The minimum absolute atomic E-state index is 0.0728. The molecule has 0 saturated heterocycles. The summed E-state index contributed by atoms with van der Waals surface area (Å²) in [4.78, 5) is 24.8. The van der Waals surface area contributed by atoms with Gasteiger partial charge in [-0.3, -0.25) is 9.59 Å². The summed E-state index contributed by atoms with van der Waals surface area (Å²) in [7, 11) is 0. The van der Waals surface area contributed by atoms with Gasteiger partial charge in [0.2, 0.25) is 11.6 Å². The molecule has 0 spiro atoms. The summed E-state index contributed by atoms with van der Waals surface area (Å²) >= 11 is 0. The average molecular weight is 376 g/mol. The van der Waals surface area contributed by atoms with Gasteiger partial charge in [0, 0.05) is 17.5 Å². The lowest BCUT2D eigenvalue weighted by Gasteiger charge is -2.17. The lowest BCUT2D eigenvalue weighted by molar-refractivity contribution is -0.112. The van der Waals surface area contributed by atoms with Crippen LogP contribution in [0.2, 0.25) is 0 Å². The second-order valence-corrected chi connectivity index (χ2v) is 7.54. The van der Waals surface area contributed by atoms with Crippen molar-refractivity contribution in [3.8, 4) is 0 Å². The maximum atomic E-state index is 12.5. The van der Waals surface area contributed by atoms with Gasteiger partial charge in [0.05, 0.1) is 5.57 Å². The van der Waals surface area contributed by atoms with Crippen molar-refractivity contribution in [1.82, 2.24) is 0 Å². The number of allylic oxidation sites excluding steroid dienone is 1. The molecule has 0 saturated carbocycles. The fourth-order valence-electron chi connectivity index (χ4n) is 3.72. The third-order valence-corrected chi connectivity index (χ3v) is 5.42. The quantitative estimate of drug-likeness (QED) is 0.440. The molecule has 0 fully saturated rings. The first-order valence-corrected chi connectivity index (χ1v) is 10.3. The molecule has 3 heteroatoms. The van der Waals surface area contributed by atoms with Crippen LogP contribution in [0.5, 0.6) is 0 Å². The van der Waals surface area contributed by atoms with Gasteiger partial charge in [-0.05, 0) is 24.0 Å². The van der Waals surface area contributed by atoms with Crippen LogP contribution in [0.1, 0.15) is 72.5 Å². The van der Waals surface area contributed by atoms with Crippen molar-refractivity contribution in [3.63, 3.8) is 0 Å². The number of fused-ring (bicyclic) bond motifs is 1. The van der Waals surface area contributed by atoms with Crippen LogP contribution in [0.4, 0.5) is 0 Å². The van der Waals surface area contributed by atoms with Crippen molar-refractivity contribution in [2.45, 2.75) is 58.3 Å². The van der Waals surface area contributed by atoms with Crippen molar-refractivity contribution in [3.05, 3.63) is 76.4 Å². The topological polar surface area (TPSA) is 54.4 Å². The van der Waals surface area contributed by atoms with Crippen molar-refractivity contribution in [2.24, 2.45) is 0 Å². The van der Waals surface area contributed by atoms with Gasteiger partial charge in [-0.25, -0.2) is 0 Å². The molecule has 1 N–H and O–H groups in total. The molecule has 0 bridgehead atoms. The Labute approximate surface area is 167 Å². The molecule has 146 valence electrons. The maximum absolute atomic E-state index is 12.5. The second kappa shape index (κ2) is 9.50. The predicted molar refractivity (Wildman–Crippen MR) is 113 cm³/mol. The van der Waals surface area contributed by atoms with Crippen LogP contribution in [0.25, 0.3) is 5.76 Å². The minimum Gasteiger partial charge on any atom is -0.507 e. The number of aliphatic hydroxyl groups is 1. The number of carbonyl (C=O) groups excluding carboxylic acids is 2. The SMILES string of the molecule is CCCCCCCCc1ccc(CC2=C(O)c3ccccc3C(=O)C2=O)cc1. The minimum atomic E-state index is -0.604. The van der Waals surface area contributed by atoms with Gasteiger partial charge in [-0.15, -0.1) is 0 Å². The molecule has 0 unspecified atom stereocenters. The standard InChI is InChI=1S/C25H28O3/c1-2-3-4-5-6-7-10-18-13-15-19(16-14-18)17-22-23(26)20-11-8-9-12-21(20)24(27)25(22)28/h8-9,11-16,26H,2-7,10,17H2,1H3. The number of unbranched alkanes of at least 4 members (excludes halogenated alkanes) is 5. The smallest absolute Gasteiger partial charge is 0.234 e. The monoisotopic (exact) mass is 376 g/mol. The van der Waals surface area contributed by atoms with E-state index in [2.05, 4.69) is 19.1 Å². The molecule has 1 aliphatic carbocycles. The zero-order chi connectivity index (χ0) is 19.9. The van der Waals surface area contributed by atoms with Gasteiger partial charge in [0.1, 0.15) is 5.76 Å². The predicted octanol–water partition coefficient (Wildman–Crippen LogP) is 5.87. The lowest BCUT2D eigenvalue weighted by atomic mass is 9.85. The number of hydrogen-bond acceptors (Lipinski definition) is 3. The highest BCUT2D eigenvalue weighted by Gasteiger charge is 2.32. The molecule has 0 atom stereocenters. The van der Waals surface area contributed by atoms with E-state index >= 15 is 0 Å². The van der Waals surface area contributed by atoms with Crippen LogP contribution in [0.3, 0.4) is 0 Å². The Morgan fingerprint density at radius 2 is 1.32 bits per heavy atom. The van der Waals surface area contributed by atoms with E-state index in [1.807, 2.05) is 12.1 Å². The third kappa shape index (κ3) is 4.59. The Morgan fingerprint density at radius 3 is 2.04 bits per heavy atom. The number of hydrogen-bond donors (Lipinski definition) is 1. The second-order valence-electron chi connectivity index (χ2n) is 7.54. The number of aliphatic hydroxyl groups excluding tert-OH is 1. The normalized spacial score (nSPS) is 13.8. The van der Waals surface area contributed by atoms with Gasteiger partial charge in [0.25, 0.3) is 0 Å². The summed E-state index contributed by atoms with van der Waals surface area (Å²) in [6.45, 7) is 2.23. The zero-order valence-corrected chi connectivity index (χ0v) is 16.5. The van der Waals surface area contributed by atoms with Gasteiger partial charge in [-0.2, -0.15) is 0 Å². The molecule has 0 aliphatic heterocycles. The maximum Gasteiger partial charge on any atom is 0.234 e. The first kappa shape index (κ1) is 20.1. The molecule has 0 aromatic heterocycles. The van der Waals surface area contributed by atoms with Gasteiger partial charge < -0.3 is 5.11 Å². The van der Waals surface area contributed by atoms with E-state index in [-0.39, 0.29) is 23.3 Å². The first-order chi connectivity index (χ1) is 13.6. The highest BCUT2D eigenvalue weighted by molar-refractivity contribution is 6.52. The van der Waals surface area contributed by atoms with Gasteiger partial charge in [-0.1, -0.05) is 87.6 Å². The van der Waals surface area contributed by atoms with Crippen LogP contribution < -0.4 is 0 Å². The Balaban J connectivity index is 1.64. The van der Waals surface area contributed by atoms with Crippen LogP contribution in [-0.4, -0.2) is 16.7 Å². The zero-order valence-electron chi connectivity index (χ0n) is 16.5. The van der Waals surface area contributed by atoms with Crippen molar-refractivity contribution in [1.29, 1.82) is 0 Å². The van der Waals surface area contributed by atoms with E-state index in [9.17, 15) is 14.7 Å². The molecule has 0 amide bonds. The number of benzene rings is 2. The summed E-state index contributed by atoms with van der Waals surface area (Å²) < 4.78 is 0. The summed E-state index contributed by atoms with van der Waals surface area (Å²) in [6, 6.07) is 14.9. The number of carbonyl (C=O) groups is 2. The largest absolute Gasteiger partial charge is 0.507 e. The van der Waals surface area contributed by atoms with Crippen LogP contribution in [0, 0.1) is 0 Å². The summed E-state index contributed by atoms with van der Waals surface area (Å²) in [5.74, 6) is -1.22. The highest BCUT2D eigenvalue weighted by atomic mass is 16.3. The van der Waals surface area contributed by atoms with Gasteiger partial charge >= 0.3 is 0 Å². The van der Waals surface area contributed by atoms with Crippen LogP contribution in [-0.2, 0) is 17.6 Å². The molecule has 28 heavy (non-hydrogen) atoms. The van der Waals surface area contributed by atoms with Gasteiger partial charge in [0.15, 0.2) is 0 Å². The van der Waals surface area contributed by atoms with Crippen LogP contribution >= 0.6 is 0 Å². The molecule has 0 radical (unpaired) electrons. The fraction of sp³-hybridized carbons (Fsp3) is 0.360. The average Bonchev–Trinajstić information content (AvgIpc) is 2.73. The molecule has 2 aromatic carbocycles. The molecule has 0 heterocycles. The molecular formula is C25H28O3. The highest BCUT2D eigenvalue weighted by Crippen LogP contribution is 2.29. The molecule has 2 aromatic rings. The van der Waals surface area contributed by atoms with E-state index in [0.29, 0.717) is 5.56 Å². The molecule has 1 aliphatic rings. The number of rotatable bonds is 9. The first-order valence-electron chi connectivity index (χ1n) is 10.3. The van der Waals surface area contributed by atoms with Crippen molar-refractivity contribution >= 4 is 17.3 Å². The number of aryl methyl sites for hydroxylation is 1. The van der Waals surface area contributed by atoms with Crippen LogP contribution in [0.15, 0.2) is 54.1 Å². The molecule has 3 nitrogen and oxygen atoms in total. The third-order valence-electron chi connectivity index (χ3n) is 5.42.